The Morgan fingerprint density at radius 2 is 2.00 bits per heavy atom. The van der Waals surface area contributed by atoms with Gasteiger partial charge in [-0.1, -0.05) is 24.3 Å². The first-order chi connectivity index (χ1) is 13.8. The van der Waals surface area contributed by atoms with E-state index < -0.39 is 0 Å². The molecule has 5 heteroatoms. The Balaban J connectivity index is 1.27. The second kappa shape index (κ2) is 7.64. The molecule has 0 aliphatic carbocycles. The van der Waals surface area contributed by atoms with Crippen LogP contribution in [0.15, 0.2) is 36.4 Å². The topological polar surface area (TPSA) is 34.2 Å². The fourth-order valence-electron chi connectivity index (χ4n) is 4.84. The van der Waals surface area contributed by atoms with Gasteiger partial charge in [0.1, 0.15) is 0 Å². The lowest BCUT2D eigenvalue weighted by Gasteiger charge is -2.41. The summed E-state index contributed by atoms with van der Waals surface area (Å²) in [6, 6.07) is 13.7. The third-order valence-electron chi connectivity index (χ3n) is 6.28. The predicted molar refractivity (Wildman–Crippen MR) is 108 cm³/mol. The average Bonchev–Trinajstić information content (AvgIpc) is 3.21. The SMILES string of the molecule is COc1cc(CN2CCCC(N3CCc4ccccc4C3)C2)cc2c1OCO2. The van der Waals surface area contributed by atoms with E-state index in [0.29, 0.717) is 6.04 Å². The Labute approximate surface area is 166 Å². The van der Waals surface area contributed by atoms with Gasteiger partial charge < -0.3 is 14.2 Å². The normalized spacial score (nSPS) is 22.1. The summed E-state index contributed by atoms with van der Waals surface area (Å²) in [5, 5.41) is 0. The van der Waals surface area contributed by atoms with Crippen LogP contribution in [0, 0.1) is 0 Å². The fourth-order valence-corrected chi connectivity index (χ4v) is 4.84. The fraction of sp³-hybridized carbons (Fsp3) is 0.478. The number of nitrogens with zero attached hydrogens (tertiary/aromatic N) is 2. The number of benzene rings is 2. The lowest BCUT2D eigenvalue weighted by Crippen LogP contribution is -2.49. The summed E-state index contributed by atoms with van der Waals surface area (Å²) >= 11 is 0. The molecule has 5 rings (SSSR count). The Hall–Kier alpha value is -2.24. The minimum absolute atomic E-state index is 0.275. The summed E-state index contributed by atoms with van der Waals surface area (Å²) in [4.78, 5) is 5.26. The van der Waals surface area contributed by atoms with E-state index in [0.717, 1.165) is 43.4 Å². The first kappa shape index (κ1) is 17.8. The molecule has 0 radical (unpaired) electrons. The van der Waals surface area contributed by atoms with Gasteiger partial charge in [0.15, 0.2) is 11.5 Å². The smallest absolute Gasteiger partial charge is 0.231 e. The second-order valence-electron chi connectivity index (χ2n) is 8.05. The summed E-state index contributed by atoms with van der Waals surface area (Å²) in [6.45, 7) is 5.74. The summed E-state index contributed by atoms with van der Waals surface area (Å²) < 4.78 is 16.6. The van der Waals surface area contributed by atoms with E-state index in [2.05, 4.69) is 46.2 Å². The predicted octanol–water partition coefficient (Wildman–Crippen LogP) is 3.45. The zero-order valence-electron chi connectivity index (χ0n) is 16.5. The third-order valence-corrected chi connectivity index (χ3v) is 6.28. The maximum absolute atomic E-state index is 5.59. The Morgan fingerprint density at radius 1 is 1.11 bits per heavy atom. The highest BCUT2D eigenvalue weighted by molar-refractivity contribution is 5.55. The Kier molecular flexibility index (Phi) is 4.87. The van der Waals surface area contributed by atoms with Crippen molar-refractivity contribution in [2.24, 2.45) is 0 Å². The van der Waals surface area contributed by atoms with Crippen molar-refractivity contribution < 1.29 is 14.2 Å². The van der Waals surface area contributed by atoms with Gasteiger partial charge in [0, 0.05) is 32.2 Å². The molecule has 28 heavy (non-hydrogen) atoms. The van der Waals surface area contributed by atoms with E-state index in [1.807, 2.05) is 0 Å². The molecule has 3 aliphatic rings. The van der Waals surface area contributed by atoms with Gasteiger partial charge in [-0.3, -0.25) is 9.80 Å². The van der Waals surface area contributed by atoms with Crippen LogP contribution >= 0.6 is 0 Å². The molecule has 1 atom stereocenters. The maximum atomic E-state index is 5.59. The first-order valence-electron chi connectivity index (χ1n) is 10.3. The van der Waals surface area contributed by atoms with E-state index in [9.17, 15) is 0 Å². The number of likely N-dealkylation sites (tertiary alicyclic amines) is 1. The number of methoxy groups -OCH3 is 1. The van der Waals surface area contributed by atoms with Crippen LogP contribution in [0.25, 0.3) is 0 Å². The molecule has 0 N–H and O–H groups in total. The quantitative estimate of drug-likeness (QED) is 0.812. The van der Waals surface area contributed by atoms with Gasteiger partial charge in [-0.15, -0.1) is 0 Å². The Morgan fingerprint density at radius 3 is 2.89 bits per heavy atom. The highest BCUT2D eigenvalue weighted by Gasteiger charge is 2.28. The lowest BCUT2D eigenvalue weighted by molar-refractivity contribution is 0.0838. The summed E-state index contributed by atoms with van der Waals surface area (Å²) in [5.74, 6) is 2.30. The van der Waals surface area contributed by atoms with E-state index in [1.165, 1.54) is 42.5 Å². The van der Waals surface area contributed by atoms with E-state index in [1.54, 1.807) is 7.11 Å². The molecular weight excluding hydrogens is 352 g/mol. The average molecular weight is 380 g/mol. The molecule has 3 heterocycles. The van der Waals surface area contributed by atoms with Gasteiger partial charge in [0.05, 0.1) is 7.11 Å². The van der Waals surface area contributed by atoms with Crippen molar-refractivity contribution in [3.8, 4) is 17.2 Å². The van der Waals surface area contributed by atoms with Crippen LogP contribution in [0.3, 0.4) is 0 Å². The van der Waals surface area contributed by atoms with Crippen LogP contribution in [0.5, 0.6) is 17.2 Å². The number of fused-ring (bicyclic) bond motifs is 2. The molecule has 1 fully saturated rings. The van der Waals surface area contributed by atoms with E-state index in [-0.39, 0.29) is 6.79 Å². The minimum Gasteiger partial charge on any atom is -0.493 e. The standard InChI is InChI=1S/C23H28N2O3/c1-26-21-11-17(12-22-23(21)28-16-27-22)13-24-9-4-7-20(15-24)25-10-8-18-5-2-3-6-19(18)14-25/h2-3,5-6,11-12,20H,4,7-10,13-16H2,1H3. The van der Waals surface area contributed by atoms with Crippen LogP contribution < -0.4 is 14.2 Å². The summed E-state index contributed by atoms with van der Waals surface area (Å²) in [7, 11) is 1.69. The molecule has 3 aliphatic heterocycles. The lowest BCUT2D eigenvalue weighted by atomic mass is 9.96. The molecule has 5 nitrogen and oxygen atoms in total. The van der Waals surface area contributed by atoms with Crippen molar-refractivity contribution in [1.82, 2.24) is 9.80 Å². The minimum atomic E-state index is 0.275. The van der Waals surface area contributed by atoms with Crippen LogP contribution in [0.2, 0.25) is 0 Å². The number of rotatable bonds is 4. The van der Waals surface area contributed by atoms with Gasteiger partial charge in [-0.2, -0.15) is 0 Å². The molecular formula is C23H28N2O3. The van der Waals surface area contributed by atoms with Crippen LogP contribution in [0.4, 0.5) is 0 Å². The number of piperidine rings is 1. The molecule has 2 aromatic rings. The van der Waals surface area contributed by atoms with E-state index >= 15 is 0 Å². The van der Waals surface area contributed by atoms with Gasteiger partial charge >= 0.3 is 0 Å². The van der Waals surface area contributed by atoms with Crippen molar-refractivity contribution >= 4 is 0 Å². The highest BCUT2D eigenvalue weighted by atomic mass is 16.7. The molecule has 0 amide bonds. The van der Waals surface area contributed by atoms with Crippen molar-refractivity contribution in [1.29, 1.82) is 0 Å². The molecule has 148 valence electrons. The van der Waals surface area contributed by atoms with Gasteiger partial charge in [0.25, 0.3) is 0 Å². The number of ether oxygens (including phenoxy) is 3. The number of hydrogen-bond donors (Lipinski definition) is 0. The molecule has 1 unspecified atom stereocenters. The number of hydrogen-bond acceptors (Lipinski definition) is 5. The second-order valence-corrected chi connectivity index (χ2v) is 8.05. The van der Waals surface area contributed by atoms with E-state index in [4.69, 9.17) is 14.2 Å². The van der Waals surface area contributed by atoms with Crippen molar-refractivity contribution in [2.45, 2.75) is 38.4 Å². The van der Waals surface area contributed by atoms with Crippen LogP contribution in [-0.2, 0) is 19.5 Å². The molecule has 0 aromatic heterocycles. The molecule has 0 spiro atoms. The molecule has 2 aromatic carbocycles. The van der Waals surface area contributed by atoms with Crippen LogP contribution in [-0.4, -0.2) is 49.4 Å². The molecule has 0 bridgehead atoms. The summed E-state index contributed by atoms with van der Waals surface area (Å²) in [6.07, 6.45) is 3.72. The van der Waals surface area contributed by atoms with Crippen LogP contribution in [0.1, 0.15) is 29.5 Å². The van der Waals surface area contributed by atoms with Crippen molar-refractivity contribution in [3.63, 3.8) is 0 Å². The van der Waals surface area contributed by atoms with Gasteiger partial charge in [0.2, 0.25) is 12.5 Å². The summed E-state index contributed by atoms with van der Waals surface area (Å²) in [5.41, 5.74) is 4.26. The van der Waals surface area contributed by atoms with Crippen molar-refractivity contribution in [2.75, 3.05) is 33.5 Å². The zero-order chi connectivity index (χ0) is 18.9. The first-order valence-corrected chi connectivity index (χ1v) is 10.3. The maximum Gasteiger partial charge on any atom is 0.231 e. The monoisotopic (exact) mass is 380 g/mol. The van der Waals surface area contributed by atoms with Crippen molar-refractivity contribution in [3.05, 3.63) is 53.1 Å². The zero-order valence-corrected chi connectivity index (χ0v) is 16.5. The molecule has 0 saturated carbocycles. The Bertz CT molecular complexity index is 854. The third kappa shape index (κ3) is 3.45. The largest absolute Gasteiger partial charge is 0.493 e. The van der Waals surface area contributed by atoms with Gasteiger partial charge in [-0.25, -0.2) is 0 Å². The molecule has 1 saturated heterocycles. The highest BCUT2D eigenvalue weighted by Crippen LogP contribution is 2.42. The van der Waals surface area contributed by atoms with Gasteiger partial charge in [-0.05, 0) is 54.6 Å².